The first-order chi connectivity index (χ1) is 8.07. The molecular formula is C13H22N2OS. The van der Waals surface area contributed by atoms with Crippen LogP contribution in [0.25, 0.3) is 0 Å². The highest BCUT2D eigenvalue weighted by Gasteiger charge is 2.34. The van der Waals surface area contributed by atoms with E-state index in [2.05, 4.69) is 17.6 Å². The summed E-state index contributed by atoms with van der Waals surface area (Å²) >= 11 is 1.82. The first-order valence-corrected chi connectivity index (χ1v) is 7.61. The van der Waals surface area contributed by atoms with Crippen molar-refractivity contribution >= 4 is 17.7 Å². The van der Waals surface area contributed by atoms with E-state index in [1.807, 2.05) is 18.7 Å². The fourth-order valence-corrected chi connectivity index (χ4v) is 3.10. The maximum atomic E-state index is 12.1. The Morgan fingerprint density at radius 2 is 2.18 bits per heavy atom. The molecule has 0 aromatic heterocycles. The molecule has 1 aliphatic rings. The molecule has 3 nitrogen and oxygen atoms in total. The van der Waals surface area contributed by atoms with E-state index in [1.54, 1.807) is 6.92 Å². The van der Waals surface area contributed by atoms with E-state index in [-0.39, 0.29) is 11.9 Å². The first kappa shape index (κ1) is 14.4. The molecule has 1 N–H and O–H groups in total. The van der Waals surface area contributed by atoms with Gasteiger partial charge in [0.2, 0.25) is 5.91 Å². The van der Waals surface area contributed by atoms with Crippen molar-refractivity contribution in [2.45, 2.75) is 57.2 Å². The molecule has 0 bridgehead atoms. The molecule has 3 atom stereocenters. The third-order valence-electron chi connectivity index (χ3n) is 3.78. The van der Waals surface area contributed by atoms with E-state index < -0.39 is 5.41 Å². The van der Waals surface area contributed by atoms with Gasteiger partial charge in [0.1, 0.15) is 5.41 Å². The Balaban J connectivity index is 2.64. The second-order valence-electron chi connectivity index (χ2n) is 4.94. The molecular weight excluding hydrogens is 232 g/mol. The molecule has 17 heavy (non-hydrogen) atoms. The van der Waals surface area contributed by atoms with E-state index in [0.717, 1.165) is 6.42 Å². The third kappa shape index (κ3) is 3.38. The zero-order valence-corrected chi connectivity index (χ0v) is 11.8. The molecule has 1 saturated carbocycles. The summed E-state index contributed by atoms with van der Waals surface area (Å²) in [5.41, 5.74) is -0.875. The molecule has 0 radical (unpaired) electrons. The molecule has 3 unspecified atom stereocenters. The predicted octanol–water partition coefficient (Wildman–Crippen LogP) is 2.72. The highest BCUT2D eigenvalue weighted by Crippen LogP contribution is 2.28. The maximum Gasteiger partial charge on any atom is 0.240 e. The van der Waals surface area contributed by atoms with Crippen LogP contribution in [0.4, 0.5) is 0 Å². The third-order valence-corrected chi connectivity index (χ3v) is 4.95. The van der Waals surface area contributed by atoms with Crippen molar-refractivity contribution in [2.75, 3.05) is 6.26 Å². The summed E-state index contributed by atoms with van der Waals surface area (Å²) in [6, 6.07) is 2.37. The Morgan fingerprint density at radius 3 is 2.71 bits per heavy atom. The van der Waals surface area contributed by atoms with Crippen molar-refractivity contribution in [1.82, 2.24) is 5.32 Å². The van der Waals surface area contributed by atoms with Crippen LogP contribution in [0.1, 0.15) is 46.0 Å². The lowest BCUT2D eigenvalue weighted by Crippen LogP contribution is -2.48. The number of hydrogen-bond acceptors (Lipinski definition) is 3. The second kappa shape index (κ2) is 6.30. The van der Waals surface area contributed by atoms with Crippen LogP contribution in [0.3, 0.4) is 0 Å². The van der Waals surface area contributed by atoms with Gasteiger partial charge in [0.05, 0.1) is 6.07 Å². The summed E-state index contributed by atoms with van der Waals surface area (Å²) in [6.07, 6.45) is 7.30. The molecule has 0 aromatic rings. The number of nitrogens with zero attached hydrogens (tertiary/aromatic N) is 1. The minimum absolute atomic E-state index is 0.103. The summed E-state index contributed by atoms with van der Waals surface area (Å²) < 4.78 is 0. The summed E-state index contributed by atoms with van der Waals surface area (Å²) in [7, 11) is 0. The molecule has 0 heterocycles. The van der Waals surface area contributed by atoms with Gasteiger partial charge < -0.3 is 5.32 Å². The number of nitriles is 1. The number of carbonyl (C=O) groups is 1. The van der Waals surface area contributed by atoms with Crippen LogP contribution in [-0.2, 0) is 4.79 Å². The zero-order chi connectivity index (χ0) is 12.9. The van der Waals surface area contributed by atoms with Crippen LogP contribution in [-0.4, -0.2) is 23.5 Å². The summed E-state index contributed by atoms with van der Waals surface area (Å²) in [5, 5.41) is 12.7. The number of rotatable bonds is 4. The number of carbonyl (C=O) groups excluding carboxylic acids is 1. The summed E-state index contributed by atoms with van der Waals surface area (Å²) in [4.78, 5) is 12.1. The number of hydrogen-bond donors (Lipinski definition) is 1. The lowest BCUT2D eigenvalue weighted by molar-refractivity contribution is -0.128. The molecule has 4 heteroatoms. The lowest BCUT2D eigenvalue weighted by atomic mass is 9.87. The van der Waals surface area contributed by atoms with Crippen LogP contribution >= 0.6 is 11.8 Å². The van der Waals surface area contributed by atoms with Gasteiger partial charge in [-0.3, -0.25) is 4.79 Å². The van der Waals surface area contributed by atoms with Gasteiger partial charge in [-0.2, -0.15) is 17.0 Å². The Kier molecular flexibility index (Phi) is 5.32. The van der Waals surface area contributed by atoms with Crippen LogP contribution < -0.4 is 5.32 Å². The average Bonchev–Trinajstić information content (AvgIpc) is 2.38. The summed E-state index contributed by atoms with van der Waals surface area (Å²) in [5.74, 6) is -0.103. The fraction of sp³-hybridized carbons (Fsp3) is 0.846. The highest BCUT2D eigenvalue weighted by molar-refractivity contribution is 7.99. The quantitative estimate of drug-likeness (QED) is 0.839. The SMILES string of the molecule is CCC(C)(C#N)C(=O)NC1CCCCC1SC. The molecule has 0 aromatic carbocycles. The van der Waals surface area contributed by atoms with Crippen molar-refractivity contribution in [1.29, 1.82) is 5.26 Å². The smallest absolute Gasteiger partial charge is 0.240 e. The molecule has 1 rings (SSSR count). The van der Waals surface area contributed by atoms with Crippen molar-refractivity contribution in [3.8, 4) is 6.07 Å². The minimum Gasteiger partial charge on any atom is -0.351 e. The Bertz CT molecular complexity index is 313. The van der Waals surface area contributed by atoms with Gasteiger partial charge in [-0.25, -0.2) is 0 Å². The van der Waals surface area contributed by atoms with Gasteiger partial charge in [-0.15, -0.1) is 0 Å². The van der Waals surface area contributed by atoms with Gasteiger partial charge >= 0.3 is 0 Å². The van der Waals surface area contributed by atoms with Crippen molar-refractivity contribution in [3.05, 3.63) is 0 Å². The maximum absolute atomic E-state index is 12.1. The lowest BCUT2D eigenvalue weighted by Gasteiger charge is -2.33. The average molecular weight is 254 g/mol. The monoisotopic (exact) mass is 254 g/mol. The summed E-state index contributed by atoms with van der Waals surface area (Å²) in [6.45, 7) is 3.61. The molecule has 1 amide bonds. The molecule has 0 spiro atoms. The fourth-order valence-electron chi connectivity index (χ4n) is 2.16. The Hall–Kier alpha value is -0.690. The van der Waals surface area contributed by atoms with Crippen LogP contribution in [0.5, 0.6) is 0 Å². The molecule has 0 saturated heterocycles. The van der Waals surface area contributed by atoms with E-state index in [4.69, 9.17) is 5.26 Å². The largest absolute Gasteiger partial charge is 0.351 e. The van der Waals surface area contributed by atoms with Gasteiger partial charge in [-0.05, 0) is 32.4 Å². The van der Waals surface area contributed by atoms with Crippen LogP contribution in [0.15, 0.2) is 0 Å². The molecule has 1 aliphatic carbocycles. The van der Waals surface area contributed by atoms with E-state index in [1.165, 1.54) is 19.3 Å². The van der Waals surface area contributed by atoms with Crippen LogP contribution in [0.2, 0.25) is 0 Å². The van der Waals surface area contributed by atoms with Crippen molar-refractivity contribution in [2.24, 2.45) is 5.41 Å². The van der Waals surface area contributed by atoms with Gasteiger partial charge in [0.25, 0.3) is 0 Å². The zero-order valence-electron chi connectivity index (χ0n) is 11.0. The van der Waals surface area contributed by atoms with E-state index in [0.29, 0.717) is 11.7 Å². The van der Waals surface area contributed by atoms with Crippen LogP contribution in [0, 0.1) is 16.7 Å². The number of thioether (sulfide) groups is 1. The number of amides is 1. The molecule has 96 valence electrons. The van der Waals surface area contributed by atoms with E-state index in [9.17, 15) is 4.79 Å². The standard InChI is InChI=1S/C13H22N2OS/c1-4-13(2,9-14)12(16)15-10-7-5-6-8-11(10)17-3/h10-11H,4-8H2,1-3H3,(H,15,16). The first-order valence-electron chi connectivity index (χ1n) is 6.32. The number of nitrogens with one attached hydrogen (secondary N) is 1. The Labute approximate surface area is 108 Å². The highest BCUT2D eigenvalue weighted by atomic mass is 32.2. The van der Waals surface area contributed by atoms with Crippen molar-refractivity contribution in [3.63, 3.8) is 0 Å². The normalized spacial score (nSPS) is 27.9. The molecule has 0 aliphatic heterocycles. The molecule has 1 fully saturated rings. The topological polar surface area (TPSA) is 52.9 Å². The van der Waals surface area contributed by atoms with E-state index >= 15 is 0 Å². The minimum atomic E-state index is -0.875. The Morgan fingerprint density at radius 1 is 1.53 bits per heavy atom. The second-order valence-corrected chi connectivity index (χ2v) is 6.01. The van der Waals surface area contributed by atoms with Gasteiger partial charge in [-0.1, -0.05) is 19.8 Å². The van der Waals surface area contributed by atoms with Crippen molar-refractivity contribution < 1.29 is 4.79 Å². The predicted molar refractivity (Wildman–Crippen MR) is 71.7 cm³/mol. The van der Waals surface area contributed by atoms with Gasteiger partial charge in [0.15, 0.2) is 0 Å². The van der Waals surface area contributed by atoms with Gasteiger partial charge in [0, 0.05) is 11.3 Å².